The van der Waals surface area contributed by atoms with Gasteiger partial charge in [0.15, 0.2) is 11.6 Å². The second kappa shape index (κ2) is 9.18. The number of nitriles is 1. The number of anilines is 3. The highest BCUT2D eigenvalue weighted by Crippen LogP contribution is 2.40. The monoisotopic (exact) mass is 516 g/mol. The van der Waals surface area contributed by atoms with Crippen LogP contribution in [0.5, 0.6) is 0 Å². The number of carbonyl (C=O) groups excluding carboxylic acids is 2. The van der Waals surface area contributed by atoms with Crippen LogP contribution in [0.15, 0.2) is 103 Å². The Labute approximate surface area is 222 Å². The van der Waals surface area contributed by atoms with Crippen molar-refractivity contribution < 1.29 is 9.59 Å². The summed E-state index contributed by atoms with van der Waals surface area (Å²) in [5.74, 6) is -0.496. The molecular weight excluding hydrogens is 500 g/mol. The summed E-state index contributed by atoms with van der Waals surface area (Å²) in [6.45, 7) is 0. The van der Waals surface area contributed by atoms with E-state index in [1.165, 1.54) is 11.3 Å². The van der Waals surface area contributed by atoms with Crippen molar-refractivity contribution >= 4 is 67.7 Å². The summed E-state index contributed by atoms with van der Waals surface area (Å²) in [4.78, 5) is 29.2. The largest absolute Gasteiger partial charge is 0.302 e. The topological polar surface area (TPSA) is 61.2 Å². The first-order valence-electron chi connectivity index (χ1n) is 11.5. The van der Waals surface area contributed by atoms with Crippen molar-refractivity contribution in [3.05, 3.63) is 129 Å². The lowest BCUT2D eigenvalue weighted by Crippen LogP contribution is -2.08. The van der Waals surface area contributed by atoms with Gasteiger partial charge in [-0.05, 0) is 89.6 Å². The first kappa shape index (κ1) is 22.9. The Morgan fingerprint density at radius 2 is 1.32 bits per heavy atom. The number of carbonyl (C=O) groups is 2. The van der Waals surface area contributed by atoms with E-state index in [2.05, 4.69) is 6.07 Å². The quantitative estimate of drug-likeness (QED) is 0.178. The third-order valence-electron chi connectivity index (χ3n) is 6.32. The Morgan fingerprint density at radius 1 is 0.757 bits per heavy atom. The van der Waals surface area contributed by atoms with Gasteiger partial charge in [-0.15, -0.1) is 11.3 Å². The molecular formula is C31H17ClN2O2S. The summed E-state index contributed by atoms with van der Waals surface area (Å²) in [5.41, 5.74) is 3.41. The zero-order chi connectivity index (χ0) is 25.5. The maximum Gasteiger partial charge on any atom is 0.197 e. The number of allylic oxidation sites excluding steroid dienone is 1. The standard InChI is InChI=1S/C31H17ClN2O2S/c32-22-7-11-24(12-8-22)34(23-9-5-19(18-33)6-10-23)29-14-13-25(37-29)17-28-30(35)26-15-20-3-1-2-4-21(20)16-27(26)31(28)36/h1-17H. The molecule has 0 amide bonds. The minimum atomic E-state index is -0.248. The van der Waals surface area contributed by atoms with Crippen LogP contribution in [0.1, 0.15) is 31.2 Å². The Morgan fingerprint density at radius 3 is 1.89 bits per heavy atom. The highest BCUT2D eigenvalue weighted by atomic mass is 35.5. The van der Waals surface area contributed by atoms with Crippen molar-refractivity contribution in [2.24, 2.45) is 0 Å². The molecule has 4 aromatic carbocycles. The summed E-state index contributed by atoms with van der Waals surface area (Å²) >= 11 is 7.59. The molecule has 6 heteroatoms. The van der Waals surface area contributed by atoms with E-state index in [0.29, 0.717) is 21.7 Å². The van der Waals surface area contributed by atoms with Gasteiger partial charge in [-0.2, -0.15) is 5.26 Å². The minimum Gasteiger partial charge on any atom is -0.302 e. The molecule has 37 heavy (non-hydrogen) atoms. The molecule has 0 spiro atoms. The number of benzene rings is 4. The summed E-state index contributed by atoms with van der Waals surface area (Å²) in [5, 5.41) is 12.6. The summed E-state index contributed by atoms with van der Waals surface area (Å²) < 4.78 is 0. The fourth-order valence-electron chi connectivity index (χ4n) is 4.50. The maximum atomic E-state index is 13.2. The van der Waals surface area contributed by atoms with Crippen molar-refractivity contribution in [2.45, 2.75) is 0 Å². The third kappa shape index (κ3) is 4.13. The molecule has 0 bridgehead atoms. The molecule has 0 saturated carbocycles. The summed E-state index contributed by atoms with van der Waals surface area (Å²) in [7, 11) is 0. The molecule has 0 aliphatic heterocycles. The summed E-state index contributed by atoms with van der Waals surface area (Å²) in [6, 6.07) is 32.1. The second-order valence-corrected chi connectivity index (χ2v) is 10.1. The molecule has 6 rings (SSSR count). The smallest absolute Gasteiger partial charge is 0.197 e. The predicted octanol–water partition coefficient (Wildman–Crippen LogP) is 8.36. The second-order valence-electron chi connectivity index (χ2n) is 8.61. The first-order valence-corrected chi connectivity index (χ1v) is 12.7. The predicted molar refractivity (Wildman–Crippen MR) is 149 cm³/mol. The van der Waals surface area contributed by atoms with Gasteiger partial charge in [0.05, 0.1) is 17.2 Å². The van der Waals surface area contributed by atoms with E-state index in [1.54, 1.807) is 30.3 Å². The normalized spacial score (nSPS) is 12.5. The fourth-order valence-corrected chi connectivity index (χ4v) is 5.62. The number of hydrogen-bond donors (Lipinski definition) is 0. The Hall–Kier alpha value is -4.50. The molecule has 1 aliphatic carbocycles. The molecule has 0 fully saturated rings. The molecule has 1 aromatic heterocycles. The van der Waals surface area contributed by atoms with Crippen molar-refractivity contribution in [1.82, 2.24) is 0 Å². The number of rotatable bonds is 4. The molecule has 1 aliphatic rings. The lowest BCUT2D eigenvalue weighted by molar-refractivity contribution is 0.0990. The molecule has 0 N–H and O–H groups in total. The number of halogens is 1. The van der Waals surface area contributed by atoms with Crippen LogP contribution in [0.2, 0.25) is 5.02 Å². The maximum absolute atomic E-state index is 13.2. The van der Waals surface area contributed by atoms with E-state index in [-0.39, 0.29) is 17.1 Å². The Kier molecular flexibility index (Phi) is 5.69. The molecule has 0 unspecified atom stereocenters. The molecule has 0 atom stereocenters. The number of fused-ring (bicyclic) bond motifs is 2. The van der Waals surface area contributed by atoms with Gasteiger partial charge in [-0.25, -0.2) is 0 Å². The van der Waals surface area contributed by atoms with Crippen LogP contribution in [0, 0.1) is 11.3 Å². The molecule has 176 valence electrons. The van der Waals surface area contributed by atoms with E-state index in [1.807, 2.05) is 77.7 Å². The average molecular weight is 517 g/mol. The van der Waals surface area contributed by atoms with Crippen LogP contribution in [-0.4, -0.2) is 11.6 Å². The van der Waals surface area contributed by atoms with Gasteiger partial charge < -0.3 is 4.90 Å². The molecule has 1 heterocycles. The van der Waals surface area contributed by atoms with Gasteiger partial charge in [-0.3, -0.25) is 9.59 Å². The van der Waals surface area contributed by atoms with Gasteiger partial charge in [0.2, 0.25) is 0 Å². The van der Waals surface area contributed by atoms with Gasteiger partial charge >= 0.3 is 0 Å². The van der Waals surface area contributed by atoms with Gasteiger partial charge in [0, 0.05) is 32.4 Å². The lowest BCUT2D eigenvalue weighted by atomic mass is 10.0. The number of ketones is 2. The Balaban J connectivity index is 1.39. The van der Waals surface area contributed by atoms with Gasteiger partial charge in [0.1, 0.15) is 5.00 Å². The van der Waals surface area contributed by atoms with Crippen LogP contribution in [0.25, 0.3) is 16.8 Å². The van der Waals surface area contributed by atoms with Crippen LogP contribution in [-0.2, 0) is 0 Å². The van der Waals surface area contributed by atoms with E-state index in [4.69, 9.17) is 11.6 Å². The third-order valence-corrected chi connectivity index (χ3v) is 7.59. The van der Waals surface area contributed by atoms with Crippen molar-refractivity contribution in [3.8, 4) is 6.07 Å². The lowest BCUT2D eigenvalue weighted by Gasteiger charge is -2.23. The SMILES string of the molecule is N#Cc1ccc(N(c2ccc(Cl)cc2)c2ccc(C=C3C(=O)c4cc5ccccc5cc4C3=O)s2)cc1. The van der Waals surface area contributed by atoms with Crippen LogP contribution in [0.3, 0.4) is 0 Å². The zero-order valence-electron chi connectivity index (χ0n) is 19.3. The zero-order valence-corrected chi connectivity index (χ0v) is 20.9. The number of thiophene rings is 1. The molecule has 5 aromatic rings. The molecule has 0 saturated heterocycles. The van der Waals surface area contributed by atoms with E-state index in [0.717, 1.165) is 32.0 Å². The molecule has 4 nitrogen and oxygen atoms in total. The molecule has 0 radical (unpaired) electrons. The van der Waals surface area contributed by atoms with Crippen molar-refractivity contribution in [2.75, 3.05) is 4.90 Å². The number of hydrogen-bond acceptors (Lipinski definition) is 5. The van der Waals surface area contributed by atoms with Gasteiger partial charge in [-0.1, -0.05) is 35.9 Å². The van der Waals surface area contributed by atoms with E-state index in [9.17, 15) is 14.9 Å². The van der Waals surface area contributed by atoms with Crippen molar-refractivity contribution in [3.63, 3.8) is 0 Å². The number of Topliss-reactive ketones (excluding diaryl/α,β-unsaturated/α-hetero) is 2. The van der Waals surface area contributed by atoms with Crippen LogP contribution < -0.4 is 4.90 Å². The average Bonchev–Trinajstić information content (AvgIpc) is 3.48. The van der Waals surface area contributed by atoms with Crippen LogP contribution in [0.4, 0.5) is 16.4 Å². The fraction of sp³-hybridized carbons (Fsp3) is 0. The van der Waals surface area contributed by atoms with Crippen LogP contribution >= 0.6 is 22.9 Å². The van der Waals surface area contributed by atoms with E-state index < -0.39 is 0 Å². The number of nitrogens with zero attached hydrogens (tertiary/aromatic N) is 2. The van der Waals surface area contributed by atoms with E-state index >= 15 is 0 Å². The van der Waals surface area contributed by atoms with Gasteiger partial charge in [0.25, 0.3) is 0 Å². The highest BCUT2D eigenvalue weighted by Gasteiger charge is 2.33. The Bertz CT molecular complexity index is 1720. The first-order chi connectivity index (χ1) is 18.0. The minimum absolute atomic E-state index is 0.176. The highest BCUT2D eigenvalue weighted by molar-refractivity contribution is 7.17. The van der Waals surface area contributed by atoms with Crippen molar-refractivity contribution in [1.29, 1.82) is 5.26 Å². The summed E-state index contributed by atoms with van der Waals surface area (Å²) in [6.07, 6.45) is 1.68.